The highest BCUT2D eigenvalue weighted by molar-refractivity contribution is 8.01. The van der Waals surface area contributed by atoms with E-state index in [1.54, 1.807) is 11.8 Å². The molecule has 0 N–H and O–H groups in total. The first kappa shape index (κ1) is 10.5. The second-order valence-electron chi connectivity index (χ2n) is 4.01. The van der Waals surface area contributed by atoms with Gasteiger partial charge in [-0.15, -0.1) is 0 Å². The number of hydrogen-bond acceptors (Lipinski definition) is 4. The van der Waals surface area contributed by atoms with Crippen molar-refractivity contribution in [3.05, 3.63) is 29.8 Å². The maximum absolute atomic E-state index is 11.9. The topological polar surface area (TPSA) is 26.3 Å². The SMILES string of the molecule is O=C1OC2(CCSCC2)Sc2ccccc21. The lowest BCUT2D eigenvalue weighted by atomic mass is 10.1. The minimum absolute atomic E-state index is 0.152. The normalized spacial score (nSPS) is 22.6. The fourth-order valence-corrected chi connectivity index (χ4v) is 4.80. The Morgan fingerprint density at radius 2 is 1.94 bits per heavy atom. The molecule has 0 atom stereocenters. The summed E-state index contributed by atoms with van der Waals surface area (Å²) < 4.78 is 5.65. The third-order valence-corrected chi connectivity index (χ3v) is 5.36. The van der Waals surface area contributed by atoms with Gasteiger partial charge >= 0.3 is 5.97 Å². The molecule has 0 bridgehead atoms. The average molecular weight is 252 g/mol. The van der Waals surface area contributed by atoms with Crippen LogP contribution in [0.2, 0.25) is 0 Å². The summed E-state index contributed by atoms with van der Waals surface area (Å²) in [5.41, 5.74) is 0.719. The number of carbonyl (C=O) groups is 1. The zero-order valence-electron chi connectivity index (χ0n) is 8.77. The Morgan fingerprint density at radius 3 is 2.75 bits per heavy atom. The zero-order chi connectivity index (χ0) is 11.0. The van der Waals surface area contributed by atoms with Crippen molar-refractivity contribution in [2.75, 3.05) is 11.5 Å². The van der Waals surface area contributed by atoms with Crippen molar-refractivity contribution in [1.82, 2.24) is 0 Å². The fraction of sp³-hybridized carbons (Fsp3) is 0.417. The van der Waals surface area contributed by atoms with Gasteiger partial charge in [-0.2, -0.15) is 11.8 Å². The number of esters is 1. The Balaban J connectivity index is 1.96. The van der Waals surface area contributed by atoms with Crippen LogP contribution in [0.15, 0.2) is 29.2 Å². The summed E-state index contributed by atoms with van der Waals surface area (Å²) >= 11 is 3.67. The molecule has 0 aliphatic carbocycles. The van der Waals surface area contributed by atoms with Gasteiger partial charge in [-0.3, -0.25) is 0 Å². The molecule has 1 fully saturated rings. The van der Waals surface area contributed by atoms with E-state index in [1.807, 2.05) is 36.0 Å². The predicted molar refractivity (Wildman–Crippen MR) is 67.0 cm³/mol. The molecule has 2 nitrogen and oxygen atoms in total. The standard InChI is InChI=1S/C12H12O2S2/c13-11-9-3-1-2-4-10(9)16-12(14-11)5-7-15-8-6-12/h1-4H,5-8H2. The van der Waals surface area contributed by atoms with Crippen LogP contribution in [0.3, 0.4) is 0 Å². The van der Waals surface area contributed by atoms with Crippen molar-refractivity contribution < 1.29 is 9.53 Å². The molecule has 1 saturated heterocycles. The number of hydrogen-bond donors (Lipinski definition) is 0. The zero-order valence-corrected chi connectivity index (χ0v) is 10.4. The van der Waals surface area contributed by atoms with Gasteiger partial charge < -0.3 is 4.74 Å². The minimum atomic E-state index is -0.281. The molecular weight excluding hydrogens is 240 g/mol. The molecule has 0 aromatic heterocycles. The minimum Gasteiger partial charge on any atom is -0.444 e. The molecule has 84 valence electrons. The van der Waals surface area contributed by atoms with Gasteiger partial charge in [0.15, 0.2) is 4.93 Å². The molecule has 0 amide bonds. The highest BCUT2D eigenvalue weighted by Crippen LogP contribution is 2.48. The highest BCUT2D eigenvalue weighted by atomic mass is 32.2. The van der Waals surface area contributed by atoms with Crippen LogP contribution in [0, 0.1) is 0 Å². The molecule has 1 aromatic rings. The molecule has 1 aromatic carbocycles. The molecule has 4 heteroatoms. The van der Waals surface area contributed by atoms with E-state index >= 15 is 0 Å². The van der Waals surface area contributed by atoms with Crippen LogP contribution in [0.4, 0.5) is 0 Å². The highest BCUT2D eigenvalue weighted by Gasteiger charge is 2.42. The molecule has 2 aliphatic heterocycles. The smallest absolute Gasteiger partial charge is 0.340 e. The Bertz CT molecular complexity index is 425. The van der Waals surface area contributed by atoms with Crippen LogP contribution in [0.5, 0.6) is 0 Å². The second-order valence-corrected chi connectivity index (χ2v) is 6.62. The molecule has 0 radical (unpaired) electrons. The van der Waals surface area contributed by atoms with E-state index in [0.717, 1.165) is 34.8 Å². The number of fused-ring (bicyclic) bond motifs is 1. The molecule has 2 aliphatic rings. The average Bonchev–Trinajstić information content (AvgIpc) is 2.30. The summed E-state index contributed by atoms with van der Waals surface area (Å²) in [7, 11) is 0. The maximum Gasteiger partial charge on any atom is 0.340 e. The maximum atomic E-state index is 11.9. The van der Waals surface area contributed by atoms with Gasteiger partial charge in [0.2, 0.25) is 0 Å². The van der Waals surface area contributed by atoms with Gasteiger partial charge in [-0.05, 0) is 23.6 Å². The summed E-state index contributed by atoms with van der Waals surface area (Å²) in [6.45, 7) is 0. The van der Waals surface area contributed by atoms with E-state index < -0.39 is 0 Å². The first-order valence-corrected chi connectivity index (χ1v) is 7.35. The number of rotatable bonds is 0. The van der Waals surface area contributed by atoms with Crippen LogP contribution in [-0.4, -0.2) is 22.4 Å². The Kier molecular flexibility index (Phi) is 2.64. The van der Waals surface area contributed by atoms with Crippen molar-refractivity contribution in [2.45, 2.75) is 22.7 Å². The monoisotopic (exact) mass is 252 g/mol. The van der Waals surface area contributed by atoms with Crippen LogP contribution in [-0.2, 0) is 4.74 Å². The molecule has 2 heterocycles. The van der Waals surface area contributed by atoms with E-state index in [2.05, 4.69) is 0 Å². The van der Waals surface area contributed by atoms with Crippen LogP contribution in [0.1, 0.15) is 23.2 Å². The van der Waals surface area contributed by atoms with Crippen molar-refractivity contribution in [2.24, 2.45) is 0 Å². The number of ether oxygens (including phenoxy) is 1. The lowest BCUT2D eigenvalue weighted by Gasteiger charge is -2.39. The number of thioether (sulfide) groups is 2. The second kappa shape index (κ2) is 4.00. The first-order valence-electron chi connectivity index (χ1n) is 5.38. The predicted octanol–water partition coefficient (Wildman–Crippen LogP) is 3.17. The Morgan fingerprint density at radius 1 is 1.19 bits per heavy atom. The van der Waals surface area contributed by atoms with Gasteiger partial charge in [0.05, 0.1) is 5.56 Å². The molecule has 0 saturated carbocycles. The Hall–Kier alpha value is -0.610. The molecule has 16 heavy (non-hydrogen) atoms. The molecule has 0 unspecified atom stereocenters. The third kappa shape index (κ3) is 1.74. The lowest BCUT2D eigenvalue weighted by molar-refractivity contribution is 0.0150. The van der Waals surface area contributed by atoms with Crippen LogP contribution < -0.4 is 0 Å². The molecular formula is C12H12O2S2. The van der Waals surface area contributed by atoms with Crippen LogP contribution in [0.25, 0.3) is 0 Å². The summed E-state index contributed by atoms with van der Waals surface area (Å²) in [6, 6.07) is 7.73. The van der Waals surface area contributed by atoms with Crippen molar-refractivity contribution in [3.63, 3.8) is 0 Å². The van der Waals surface area contributed by atoms with E-state index in [0.29, 0.717) is 0 Å². The summed E-state index contributed by atoms with van der Waals surface area (Å²) in [4.78, 5) is 12.7. The van der Waals surface area contributed by atoms with Gasteiger partial charge in [0.1, 0.15) is 0 Å². The fourth-order valence-electron chi connectivity index (χ4n) is 2.06. The molecule has 1 spiro atoms. The third-order valence-electron chi connectivity index (χ3n) is 2.94. The number of carbonyl (C=O) groups excluding carboxylic acids is 1. The van der Waals surface area contributed by atoms with Crippen molar-refractivity contribution >= 4 is 29.5 Å². The lowest BCUT2D eigenvalue weighted by Crippen LogP contribution is -2.38. The van der Waals surface area contributed by atoms with Gasteiger partial charge in [0, 0.05) is 17.7 Å². The van der Waals surface area contributed by atoms with Crippen molar-refractivity contribution in [1.29, 1.82) is 0 Å². The Labute approximate surface area is 103 Å². The van der Waals surface area contributed by atoms with E-state index in [9.17, 15) is 4.79 Å². The van der Waals surface area contributed by atoms with Crippen LogP contribution >= 0.6 is 23.5 Å². The quantitative estimate of drug-likeness (QED) is 0.662. The van der Waals surface area contributed by atoms with E-state index in [4.69, 9.17) is 4.74 Å². The largest absolute Gasteiger partial charge is 0.444 e. The summed E-state index contributed by atoms with van der Waals surface area (Å²) in [5.74, 6) is 2.02. The van der Waals surface area contributed by atoms with Gasteiger partial charge in [-0.25, -0.2) is 4.79 Å². The van der Waals surface area contributed by atoms with Gasteiger partial charge in [-0.1, -0.05) is 23.9 Å². The molecule has 3 rings (SSSR count). The van der Waals surface area contributed by atoms with Crippen molar-refractivity contribution in [3.8, 4) is 0 Å². The van der Waals surface area contributed by atoms with E-state index in [-0.39, 0.29) is 10.9 Å². The summed E-state index contributed by atoms with van der Waals surface area (Å²) in [5, 5.41) is 0. The number of benzene rings is 1. The van der Waals surface area contributed by atoms with Gasteiger partial charge in [0.25, 0.3) is 0 Å². The summed E-state index contributed by atoms with van der Waals surface area (Å²) in [6.07, 6.45) is 1.92. The first-order chi connectivity index (χ1) is 7.79. The van der Waals surface area contributed by atoms with E-state index in [1.165, 1.54) is 0 Å².